The molecule has 2 N–H and O–H groups in total. The lowest BCUT2D eigenvalue weighted by molar-refractivity contribution is 0.00708. The third kappa shape index (κ3) is 3.32. The highest BCUT2D eigenvalue weighted by Crippen LogP contribution is 2.45. The lowest BCUT2D eigenvalue weighted by atomic mass is 9.91. The number of nitrogens with zero attached hydrogens (tertiary/aromatic N) is 2. The van der Waals surface area contributed by atoms with Gasteiger partial charge >= 0.3 is 6.09 Å². The van der Waals surface area contributed by atoms with Crippen LogP contribution in [0.4, 0.5) is 10.6 Å². The number of anilines is 1. The van der Waals surface area contributed by atoms with Crippen LogP contribution < -0.4 is 5.73 Å². The summed E-state index contributed by atoms with van der Waals surface area (Å²) in [4.78, 5) is 18.9. The average molecular weight is 382 g/mol. The van der Waals surface area contributed by atoms with Gasteiger partial charge in [-0.3, -0.25) is 0 Å². The monoisotopic (exact) mass is 381 g/mol. The minimum Gasteiger partial charge on any atom is -0.444 e. The Bertz CT molecular complexity index is 614. The van der Waals surface area contributed by atoms with Crippen LogP contribution in [0.25, 0.3) is 0 Å². The molecule has 2 fully saturated rings. The molecule has 1 aromatic rings. The summed E-state index contributed by atoms with van der Waals surface area (Å²) in [5.74, 6) is 0.804. The second-order valence-electron chi connectivity index (χ2n) is 7.52. The summed E-state index contributed by atoms with van der Waals surface area (Å²) >= 11 is 3.46. The summed E-state index contributed by atoms with van der Waals surface area (Å²) in [6.07, 6.45) is 5.87. The van der Waals surface area contributed by atoms with Gasteiger partial charge in [0.25, 0.3) is 0 Å². The molecule has 2 aliphatic rings. The number of carbonyl (C=O) groups excluding carboxylic acids is 1. The molecule has 23 heavy (non-hydrogen) atoms. The second-order valence-corrected chi connectivity index (χ2v) is 8.37. The number of aromatic nitrogens is 1. The normalized spacial score (nSPS) is 27.1. The van der Waals surface area contributed by atoms with Gasteiger partial charge in [-0.1, -0.05) is 0 Å². The van der Waals surface area contributed by atoms with Crippen molar-refractivity contribution in [2.45, 2.75) is 70.1 Å². The van der Waals surface area contributed by atoms with E-state index in [0.29, 0.717) is 11.7 Å². The highest BCUT2D eigenvalue weighted by Gasteiger charge is 2.47. The van der Waals surface area contributed by atoms with Crippen molar-refractivity contribution in [3.05, 3.63) is 22.3 Å². The fourth-order valence-electron chi connectivity index (χ4n) is 3.81. The molecule has 2 saturated heterocycles. The number of ether oxygens (including phenoxy) is 1. The maximum atomic E-state index is 12.6. The first kappa shape index (κ1) is 16.6. The molecule has 3 atom stereocenters. The number of halogens is 1. The average Bonchev–Trinajstić information content (AvgIpc) is 2.67. The largest absolute Gasteiger partial charge is 0.444 e. The lowest BCUT2D eigenvalue weighted by Crippen LogP contribution is -2.47. The number of piperidine rings is 1. The highest BCUT2D eigenvalue weighted by molar-refractivity contribution is 9.10. The molecule has 6 heteroatoms. The first-order chi connectivity index (χ1) is 10.8. The molecule has 0 saturated carbocycles. The van der Waals surface area contributed by atoms with Gasteiger partial charge in [0, 0.05) is 24.2 Å². The van der Waals surface area contributed by atoms with Gasteiger partial charge in [-0.2, -0.15) is 0 Å². The van der Waals surface area contributed by atoms with Crippen LogP contribution in [0.5, 0.6) is 0 Å². The molecule has 3 unspecified atom stereocenters. The van der Waals surface area contributed by atoms with Crippen molar-refractivity contribution in [1.29, 1.82) is 0 Å². The summed E-state index contributed by atoms with van der Waals surface area (Å²) in [5.41, 5.74) is 6.48. The van der Waals surface area contributed by atoms with Gasteiger partial charge in [0.05, 0.1) is 4.47 Å². The summed E-state index contributed by atoms with van der Waals surface area (Å²) < 4.78 is 6.45. The quantitative estimate of drug-likeness (QED) is 0.795. The summed E-state index contributed by atoms with van der Waals surface area (Å²) in [6, 6.07) is 2.51. The number of nitrogens with two attached hydrogens (primary N) is 1. The van der Waals surface area contributed by atoms with Crippen LogP contribution in [-0.2, 0) is 4.74 Å². The van der Waals surface area contributed by atoms with Crippen LogP contribution in [0.3, 0.4) is 0 Å². The van der Waals surface area contributed by atoms with E-state index < -0.39 is 5.60 Å². The molecule has 5 nitrogen and oxygen atoms in total. The van der Waals surface area contributed by atoms with E-state index in [9.17, 15) is 4.79 Å². The van der Waals surface area contributed by atoms with Crippen molar-refractivity contribution >= 4 is 27.8 Å². The number of amides is 1. The Kier molecular flexibility index (Phi) is 4.29. The van der Waals surface area contributed by atoms with Gasteiger partial charge < -0.3 is 15.4 Å². The molecule has 0 radical (unpaired) electrons. The molecule has 2 aliphatic heterocycles. The molecule has 2 bridgehead atoms. The predicted molar refractivity (Wildman–Crippen MR) is 93.2 cm³/mol. The fraction of sp³-hybridized carbons (Fsp3) is 0.647. The van der Waals surface area contributed by atoms with Crippen LogP contribution in [0.15, 0.2) is 16.7 Å². The molecule has 126 valence electrons. The van der Waals surface area contributed by atoms with Crippen LogP contribution in [0.1, 0.15) is 57.9 Å². The van der Waals surface area contributed by atoms with E-state index in [1.165, 1.54) is 0 Å². The zero-order valence-corrected chi connectivity index (χ0v) is 15.5. The maximum absolute atomic E-state index is 12.6. The van der Waals surface area contributed by atoms with E-state index in [-0.39, 0.29) is 18.2 Å². The lowest BCUT2D eigenvalue weighted by Gasteiger charge is -2.36. The van der Waals surface area contributed by atoms with E-state index in [1.54, 1.807) is 0 Å². The van der Waals surface area contributed by atoms with Gasteiger partial charge in [-0.05, 0) is 74.0 Å². The summed E-state index contributed by atoms with van der Waals surface area (Å²) in [6.45, 7) is 5.74. The molecule has 0 spiro atoms. The zero-order valence-electron chi connectivity index (χ0n) is 13.9. The van der Waals surface area contributed by atoms with Crippen LogP contribution >= 0.6 is 15.9 Å². The minimum absolute atomic E-state index is 0.183. The molecule has 3 heterocycles. The smallest absolute Gasteiger partial charge is 0.410 e. The number of hydrogen-bond donors (Lipinski definition) is 1. The Morgan fingerprint density at radius 1 is 1.43 bits per heavy atom. The molecule has 0 aromatic carbocycles. The third-order valence-corrected chi connectivity index (χ3v) is 5.34. The minimum atomic E-state index is -0.463. The van der Waals surface area contributed by atoms with Crippen molar-refractivity contribution in [1.82, 2.24) is 9.88 Å². The first-order valence-electron chi connectivity index (χ1n) is 8.18. The Morgan fingerprint density at radius 3 is 2.83 bits per heavy atom. The van der Waals surface area contributed by atoms with Crippen molar-refractivity contribution in [2.24, 2.45) is 0 Å². The van der Waals surface area contributed by atoms with E-state index >= 15 is 0 Å². The molecule has 3 rings (SSSR count). The standard InChI is InChI=1S/C17H24BrN3O2/c1-17(2,3)23-16(22)21-11-5-4-6-14(21)12(8-11)10-7-13(18)15(19)20-9-10/h7,9,11-12,14H,4-6,8H2,1-3H3,(H2,19,20). The zero-order chi connectivity index (χ0) is 16.8. The van der Waals surface area contributed by atoms with Gasteiger partial charge in [0.15, 0.2) is 0 Å². The number of rotatable bonds is 1. The molecule has 1 aromatic heterocycles. The van der Waals surface area contributed by atoms with Crippen LogP contribution in [-0.4, -0.2) is 33.7 Å². The Morgan fingerprint density at radius 2 is 2.17 bits per heavy atom. The van der Waals surface area contributed by atoms with Gasteiger partial charge in [-0.25, -0.2) is 9.78 Å². The topological polar surface area (TPSA) is 68.5 Å². The van der Waals surface area contributed by atoms with Crippen molar-refractivity contribution < 1.29 is 9.53 Å². The number of nitrogen functional groups attached to an aromatic ring is 1. The second kappa shape index (κ2) is 5.96. The third-order valence-electron chi connectivity index (χ3n) is 4.70. The van der Waals surface area contributed by atoms with Gasteiger partial charge in [0.1, 0.15) is 11.4 Å². The number of fused-ring (bicyclic) bond motifs is 2. The first-order valence-corrected chi connectivity index (χ1v) is 8.98. The van der Waals surface area contributed by atoms with Gasteiger partial charge in [-0.15, -0.1) is 0 Å². The maximum Gasteiger partial charge on any atom is 0.410 e. The SMILES string of the molecule is CC(C)(C)OC(=O)N1C2CCCC1C(c1cnc(N)c(Br)c1)C2. The molecule has 1 amide bonds. The Balaban J connectivity index is 1.85. The molecule has 0 aliphatic carbocycles. The number of pyridine rings is 1. The van der Waals surface area contributed by atoms with E-state index in [4.69, 9.17) is 10.5 Å². The van der Waals surface area contributed by atoms with Crippen molar-refractivity contribution in [3.63, 3.8) is 0 Å². The van der Waals surface area contributed by atoms with E-state index in [1.807, 2.05) is 37.9 Å². The summed E-state index contributed by atoms with van der Waals surface area (Å²) in [5, 5.41) is 0. The van der Waals surface area contributed by atoms with Gasteiger partial charge in [0.2, 0.25) is 0 Å². The number of hydrogen-bond acceptors (Lipinski definition) is 4. The van der Waals surface area contributed by atoms with E-state index in [0.717, 1.165) is 35.7 Å². The van der Waals surface area contributed by atoms with E-state index in [2.05, 4.69) is 20.9 Å². The molecular weight excluding hydrogens is 358 g/mol. The Hall–Kier alpha value is -1.30. The predicted octanol–water partition coefficient (Wildman–Crippen LogP) is 4.07. The van der Waals surface area contributed by atoms with Crippen molar-refractivity contribution in [2.75, 3.05) is 5.73 Å². The van der Waals surface area contributed by atoms with Crippen molar-refractivity contribution in [3.8, 4) is 0 Å². The molecular formula is C17H24BrN3O2. The fourth-order valence-corrected chi connectivity index (χ4v) is 4.18. The summed E-state index contributed by atoms with van der Waals surface area (Å²) in [7, 11) is 0. The van der Waals surface area contributed by atoms with Crippen LogP contribution in [0.2, 0.25) is 0 Å². The number of carbonyl (C=O) groups is 1. The Labute approximate surface area is 145 Å². The van der Waals surface area contributed by atoms with Crippen LogP contribution in [0, 0.1) is 0 Å². The highest BCUT2D eigenvalue weighted by atomic mass is 79.9.